The number of aryl methyl sites for hydroxylation is 1. The minimum absolute atomic E-state index is 0.0387. The summed E-state index contributed by atoms with van der Waals surface area (Å²) < 4.78 is 41.1. The van der Waals surface area contributed by atoms with E-state index >= 15 is 0 Å². The predicted molar refractivity (Wildman–Crippen MR) is 147 cm³/mol. The molecule has 4 aromatic carbocycles. The van der Waals surface area contributed by atoms with Crippen LogP contribution < -0.4 is 19.1 Å². The van der Waals surface area contributed by atoms with Crippen LogP contribution in [-0.4, -0.2) is 34.8 Å². The molecule has 1 atom stereocenters. The first-order valence-corrected chi connectivity index (χ1v) is 13.2. The van der Waals surface area contributed by atoms with Gasteiger partial charge in [0.2, 0.25) is 5.91 Å². The van der Waals surface area contributed by atoms with E-state index in [1.54, 1.807) is 38.3 Å². The van der Waals surface area contributed by atoms with Gasteiger partial charge in [-0.3, -0.25) is 4.79 Å². The Balaban J connectivity index is 1.43. The van der Waals surface area contributed by atoms with Crippen molar-refractivity contribution in [3.63, 3.8) is 0 Å². The summed E-state index contributed by atoms with van der Waals surface area (Å²) in [5.41, 5.74) is 4.92. The molecule has 1 unspecified atom stereocenters. The number of fused-ring (bicyclic) bond motifs is 1. The van der Waals surface area contributed by atoms with Gasteiger partial charge in [0.1, 0.15) is 10.6 Å². The number of nitrogens with zero attached hydrogens (tertiary/aromatic N) is 1. The number of methoxy groups -OCH3 is 2. The number of carbonyl (C=O) groups is 1. The maximum absolute atomic E-state index is 12.7. The lowest BCUT2D eigenvalue weighted by Crippen LogP contribution is -2.23. The molecule has 0 radical (unpaired) electrons. The highest BCUT2D eigenvalue weighted by molar-refractivity contribution is 7.87. The molecule has 0 spiro atoms. The summed E-state index contributed by atoms with van der Waals surface area (Å²) in [7, 11) is -1.00. The van der Waals surface area contributed by atoms with Crippen LogP contribution in [0.5, 0.6) is 17.2 Å². The van der Waals surface area contributed by atoms with Crippen molar-refractivity contribution in [3.05, 3.63) is 95.6 Å². The largest absolute Gasteiger partial charge is 0.497 e. The van der Waals surface area contributed by atoms with Gasteiger partial charge < -0.3 is 13.7 Å². The molecule has 4 aromatic rings. The Bertz CT molecular complexity index is 1600. The zero-order chi connectivity index (χ0) is 27.3. The zero-order valence-corrected chi connectivity index (χ0v) is 22.3. The molecule has 1 amide bonds. The number of amides is 1. The molecule has 1 N–H and O–H groups in total. The summed E-state index contributed by atoms with van der Waals surface area (Å²) in [6.45, 7) is 3.67. The first kappa shape index (κ1) is 26.7. The average molecular weight is 533 g/mol. The van der Waals surface area contributed by atoms with Gasteiger partial charge >= 0.3 is 10.1 Å². The van der Waals surface area contributed by atoms with Crippen LogP contribution in [0.15, 0.2) is 88.9 Å². The molecule has 0 bridgehead atoms. The van der Waals surface area contributed by atoms with Crippen molar-refractivity contribution in [1.82, 2.24) is 5.43 Å². The monoisotopic (exact) mass is 532 g/mol. The topological polar surface area (TPSA) is 103 Å². The standard InChI is InChI=1S/C29H28N2O6S/c1-19-5-12-26(13-6-19)38(33,34)37-27-14-7-21(15-28(27)36-4)18-30-31-29(32)20(2)22-8-9-24-17-25(35-3)11-10-23(24)16-22/h5-18,20H,1-4H3,(H,31,32)/b30-18+. The Labute approximate surface area is 222 Å². The summed E-state index contributed by atoms with van der Waals surface area (Å²) >= 11 is 0. The van der Waals surface area contributed by atoms with Gasteiger partial charge in [0, 0.05) is 0 Å². The Morgan fingerprint density at radius 1 is 0.868 bits per heavy atom. The first-order valence-electron chi connectivity index (χ1n) is 11.8. The fourth-order valence-corrected chi connectivity index (χ4v) is 4.70. The minimum atomic E-state index is -4.03. The van der Waals surface area contributed by atoms with Gasteiger partial charge in [0.05, 0.1) is 26.4 Å². The van der Waals surface area contributed by atoms with E-state index in [1.807, 2.05) is 43.3 Å². The van der Waals surface area contributed by atoms with E-state index in [0.717, 1.165) is 27.6 Å². The number of benzene rings is 4. The summed E-state index contributed by atoms with van der Waals surface area (Å²) in [4.78, 5) is 12.7. The van der Waals surface area contributed by atoms with Crippen LogP contribution in [0.3, 0.4) is 0 Å². The third kappa shape index (κ3) is 6.12. The minimum Gasteiger partial charge on any atom is -0.497 e. The van der Waals surface area contributed by atoms with Crippen molar-refractivity contribution in [3.8, 4) is 17.2 Å². The van der Waals surface area contributed by atoms with Crippen LogP contribution in [0.4, 0.5) is 0 Å². The van der Waals surface area contributed by atoms with Gasteiger partial charge in [-0.25, -0.2) is 5.43 Å². The van der Waals surface area contributed by atoms with Gasteiger partial charge in [-0.15, -0.1) is 0 Å². The SMILES string of the molecule is COc1ccc2cc(C(C)C(=O)N/N=C/c3ccc(OS(=O)(=O)c4ccc(C)cc4)c(OC)c3)ccc2c1. The molecule has 196 valence electrons. The molecule has 0 aliphatic rings. The Hall–Kier alpha value is -4.37. The van der Waals surface area contributed by atoms with Crippen LogP contribution >= 0.6 is 0 Å². The highest BCUT2D eigenvalue weighted by atomic mass is 32.2. The van der Waals surface area contributed by atoms with E-state index in [4.69, 9.17) is 13.7 Å². The fourth-order valence-electron chi connectivity index (χ4n) is 3.76. The number of hydrogen-bond acceptors (Lipinski definition) is 7. The van der Waals surface area contributed by atoms with E-state index < -0.39 is 16.0 Å². The molecule has 0 saturated carbocycles. The summed E-state index contributed by atoms with van der Waals surface area (Å²) in [6.07, 6.45) is 1.44. The summed E-state index contributed by atoms with van der Waals surface area (Å²) in [5.74, 6) is 0.310. The Kier molecular flexibility index (Phi) is 7.97. The molecule has 38 heavy (non-hydrogen) atoms. The third-order valence-electron chi connectivity index (χ3n) is 6.05. The molecule has 0 aliphatic carbocycles. The van der Waals surface area contributed by atoms with Crippen molar-refractivity contribution in [1.29, 1.82) is 0 Å². The van der Waals surface area contributed by atoms with E-state index in [9.17, 15) is 13.2 Å². The number of nitrogens with one attached hydrogen (secondary N) is 1. The van der Waals surface area contributed by atoms with Crippen LogP contribution in [0.1, 0.15) is 29.5 Å². The number of ether oxygens (including phenoxy) is 2. The van der Waals surface area contributed by atoms with Crippen molar-refractivity contribution in [2.45, 2.75) is 24.7 Å². The van der Waals surface area contributed by atoms with Crippen molar-refractivity contribution >= 4 is 33.0 Å². The summed E-state index contributed by atoms with van der Waals surface area (Å²) in [5, 5.41) is 6.08. The van der Waals surface area contributed by atoms with Crippen LogP contribution in [-0.2, 0) is 14.9 Å². The smallest absolute Gasteiger partial charge is 0.339 e. The van der Waals surface area contributed by atoms with Gasteiger partial charge in [-0.05, 0) is 78.2 Å². The highest BCUT2D eigenvalue weighted by Gasteiger charge is 2.19. The summed E-state index contributed by atoms with van der Waals surface area (Å²) in [6, 6.07) is 22.6. The van der Waals surface area contributed by atoms with Crippen LogP contribution in [0.2, 0.25) is 0 Å². The molecule has 0 heterocycles. The van der Waals surface area contributed by atoms with Gasteiger partial charge in [-0.1, -0.05) is 42.0 Å². The van der Waals surface area contributed by atoms with E-state index in [1.165, 1.54) is 31.5 Å². The van der Waals surface area contributed by atoms with Gasteiger partial charge in [-0.2, -0.15) is 13.5 Å². The molecular formula is C29H28N2O6S. The lowest BCUT2D eigenvalue weighted by Gasteiger charge is -2.12. The maximum Gasteiger partial charge on any atom is 0.339 e. The second-order valence-corrected chi connectivity index (χ2v) is 10.2. The second kappa shape index (κ2) is 11.4. The predicted octanol–water partition coefficient (Wildman–Crippen LogP) is 5.19. The Morgan fingerprint density at radius 2 is 1.58 bits per heavy atom. The van der Waals surface area contributed by atoms with E-state index in [0.29, 0.717) is 5.56 Å². The average Bonchev–Trinajstić information content (AvgIpc) is 2.92. The molecule has 9 heteroatoms. The van der Waals surface area contributed by atoms with Crippen molar-refractivity contribution in [2.24, 2.45) is 5.10 Å². The molecule has 0 aliphatic heterocycles. The number of rotatable bonds is 9. The van der Waals surface area contributed by atoms with E-state index in [-0.39, 0.29) is 22.3 Å². The quantitative estimate of drug-likeness (QED) is 0.181. The lowest BCUT2D eigenvalue weighted by molar-refractivity contribution is -0.122. The second-order valence-electron chi connectivity index (χ2n) is 8.69. The molecule has 0 aromatic heterocycles. The van der Waals surface area contributed by atoms with Gasteiger partial charge in [0.15, 0.2) is 11.5 Å². The molecular weight excluding hydrogens is 504 g/mol. The molecule has 8 nitrogen and oxygen atoms in total. The van der Waals surface area contributed by atoms with Gasteiger partial charge in [0.25, 0.3) is 0 Å². The Morgan fingerprint density at radius 3 is 2.29 bits per heavy atom. The molecule has 0 saturated heterocycles. The third-order valence-corrected chi connectivity index (χ3v) is 7.30. The zero-order valence-electron chi connectivity index (χ0n) is 21.5. The van der Waals surface area contributed by atoms with E-state index in [2.05, 4.69) is 10.5 Å². The molecule has 0 fully saturated rings. The molecule has 4 rings (SSSR count). The van der Waals surface area contributed by atoms with Crippen LogP contribution in [0, 0.1) is 6.92 Å². The van der Waals surface area contributed by atoms with Crippen molar-refractivity contribution < 1.29 is 26.9 Å². The number of hydrazone groups is 1. The van der Waals surface area contributed by atoms with Crippen LogP contribution in [0.25, 0.3) is 10.8 Å². The first-order chi connectivity index (χ1) is 18.2. The lowest BCUT2D eigenvalue weighted by atomic mass is 9.97. The highest BCUT2D eigenvalue weighted by Crippen LogP contribution is 2.30. The van der Waals surface area contributed by atoms with Crippen molar-refractivity contribution in [2.75, 3.05) is 14.2 Å². The number of hydrogen-bond donors (Lipinski definition) is 1. The fraction of sp³-hybridized carbons (Fsp3) is 0.172. The normalized spacial score (nSPS) is 12.3. The maximum atomic E-state index is 12.7. The number of carbonyl (C=O) groups excluding carboxylic acids is 1.